The van der Waals surface area contributed by atoms with Gasteiger partial charge in [0.05, 0.1) is 32.3 Å². The number of carbonyl (C=O) groups excluding carboxylic acids is 2. The normalized spacial score (nSPS) is 10.7. The lowest BCUT2D eigenvalue weighted by atomic mass is 10.1. The van der Waals surface area contributed by atoms with Crippen LogP contribution in [0.4, 0.5) is 5.69 Å². The summed E-state index contributed by atoms with van der Waals surface area (Å²) in [4.78, 5) is 42.0. The lowest BCUT2D eigenvalue weighted by Gasteiger charge is -2.27. The SMILES string of the molecule is COCCN(CC(=O)N(CCc1ccc(OC)c(OC)c1)Cc1cccs1)C(=O)c1ccc(C)c([N+](=O)[O-])c1. The molecule has 0 saturated carbocycles. The Kier molecular flexibility index (Phi) is 10.8. The van der Waals surface area contributed by atoms with Crippen molar-refractivity contribution in [3.05, 3.63) is 85.6 Å². The molecule has 0 fully saturated rings. The molecule has 0 aliphatic heterocycles. The molecule has 1 heterocycles. The van der Waals surface area contributed by atoms with E-state index in [0.717, 1.165) is 10.4 Å². The average molecular weight is 556 g/mol. The van der Waals surface area contributed by atoms with E-state index in [4.69, 9.17) is 14.2 Å². The first kappa shape index (κ1) is 29.6. The number of amides is 2. The van der Waals surface area contributed by atoms with Crippen molar-refractivity contribution < 1.29 is 28.7 Å². The van der Waals surface area contributed by atoms with Gasteiger partial charge in [0.2, 0.25) is 5.91 Å². The predicted octanol–water partition coefficient (Wildman–Crippen LogP) is 4.34. The van der Waals surface area contributed by atoms with E-state index in [1.54, 1.807) is 37.4 Å². The zero-order chi connectivity index (χ0) is 28.4. The number of hydrogen-bond donors (Lipinski definition) is 0. The largest absolute Gasteiger partial charge is 0.493 e. The van der Waals surface area contributed by atoms with Crippen molar-refractivity contribution in [2.24, 2.45) is 0 Å². The molecule has 39 heavy (non-hydrogen) atoms. The van der Waals surface area contributed by atoms with E-state index in [1.165, 1.54) is 30.2 Å². The molecule has 11 heteroatoms. The van der Waals surface area contributed by atoms with Crippen molar-refractivity contribution >= 4 is 28.8 Å². The lowest BCUT2D eigenvalue weighted by molar-refractivity contribution is -0.385. The highest BCUT2D eigenvalue weighted by atomic mass is 32.1. The Balaban J connectivity index is 1.81. The van der Waals surface area contributed by atoms with E-state index < -0.39 is 10.8 Å². The van der Waals surface area contributed by atoms with Crippen molar-refractivity contribution in [3.63, 3.8) is 0 Å². The van der Waals surface area contributed by atoms with Gasteiger partial charge in [-0.05, 0) is 48.6 Å². The zero-order valence-electron chi connectivity index (χ0n) is 22.5. The van der Waals surface area contributed by atoms with Gasteiger partial charge in [0, 0.05) is 42.3 Å². The van der Waals surface area contributed by atoms with Crippen LogP contribution < -0.4 is 9.47 Å². The molecule has 3 rings (SSSR count). The summed E-state index contributed by atoms with van der Waals surface area (Å²) in [6.45, 7) is 2.59. The van der Waals surface area contributed by atoms with Gasteiger partial charge in [-0.3, -0.25) is 19.7 Å². The van der Waals surface area contributed by atoms with E-state index in [0.29, 0.717) is 36.6 Å². The third-order valence-electron chi connectivity index (χ3n) is 6.23. The number of methoxy groups -OCH3 is 3. The molecule has 0 N–H and O–H groups in total. The summed E-state index contributed by atoms with van der Waals surface area (Å²) >= 11 is 1.55. The van der Waals surface area contributed by atoms with E-state index in [9.17, 15) is 19.7 Å². The van der Waals surface area contributed by atoms with Gasteiger partial charge in [0.1, 0.15) is 6.54 Å². The number of carbonyl (C=O) groups is 2. The standard InChI is InChI=1S/C28H33N3O7S/c1-20-7-9-22(17-24(20)31(34)35)28(33)30(13-14-36-2)19-27(32)29(18-23-6-5-15-39-23)12-11-21-8-10-25(37-3)26(16-21)38-4/h5-10,15-17H,11-14,18-19H2,1-4H3. The second-order valence-corrected chi connectivity index (χ2v) is 9.84. The van der Waals surface area contributed by atoms with Crippen molar-refractivity contribution in [3.8, 4) is 11.5 Å². The third-order valence-corrected chi connectivity index (χ3v) is 7.09. The number of rotatable bonds is 14. The van der Waals surface area contributed by atoms with Gasteiger partial charge >= 0.3 is 0 Å². The summed E-state index contributed by atoms with van der Waals surface area (Å²) in [5, 5.41) is 13.4. The van der Waals surface area contributed by atoms with Gasteiger partial charge in [-0.1, -0.05) is 18.2 Å². The fourth-order valence-corrected chi connectivity index (χ4v) is 4.74. The summed E-state index contributed by atoms with van der Waals surface area (Å²) in [5.41, 5.74) is 1.42. The van der Waals surface area contributed by atoms with Crippen LogP contribution in [0.5, 0.6) is 11.5 Å². The fraction of sp³-hybridized carbons (Fsp3) is 0.357. The Morgan fingerprint density at radius 1 is 0.974 bits per heavy atom. The number of nitro benzene ring substituents is 1. The van der Waals surface area contributed by atoms with Crippen LogP contribution in [0.2, 0.25) is 0 Å². The van der Waals surface area contributed by atoms with Gasteiger partial charge in [-0.2, -0.15) is 0 Å². The minimum absolute atomic E-state index is 0.145. The summed E-state index contributed by atoms with van der Waals surface area (Å²) in [7, 11) is 4.65. The molecule has 10 nitrogen and oxygen atoms in total. The zero-order valence-corrected chi connectivity index (χ0v) is 23.4. The molecular weight excluding hydrogens is 522 g/mol. The molecule has 208 valence electrons. The highest BCUT2D eigenvalue weighted by molar-refractivity contribution is 7.09. The van der Waals surface area contributed by atoms with Crippen LogP contribution in [0.3, 0.4) is 0 Å². The van der Waals surface area contributed by atoms with Crippen LogP contribution in [0.15, 0.2) is 53.9 Å². The van der Waals surface area contributed by atoms with E-state index >= 15 is 0 Å². The Hall–Kier alpha value is -3.96. The molecular formula is C28H33N3O7S. The number of nitrogens with zero attached hydrogens (tertiary/aromatic N) is 3. The third kappa shape index (κ3) is 8.01. The summed E-state index contributed by atoms with van der Waals surface area (Å²) in [6.07, 6.45) is 0.563. The van der Waals surface area contributed by atoms with Gasteiger partial charge < -0.3 is 24.0 Å². The topological polar surface area (TPSA) is 111 Å². The number of hydrogen-bond acceptors (Lipinski definition) is 8. The predicted molar refractivity (Wildman–Crippen MR) is 149 cm³/mol. The van der Waals surface area contributed by atoms with E-state index in [1.807, 2.05) is 35.7 Å². The average Bonchev–Trinajstić information content (AvgIpc) is 3.45. The second-order valence-electron chi connectivity index (χ2n) is 8.81. The highest BCUT2D eigenvalue weighted by Gasteiger charge is 2.24. The van der Waals surface area contributed by atoms with Crippen molar-refractivity contribution in [2.45, 2.75) is 19.9 Å². The molecule has 2 aromatic carbocycles. The van der Waals surface area contributed by atoms with Gasteiger partial charge in [0.15, 0.2) is 11.5 Å². The van der Waals surface area contributed by atoms with Crippen LogP contribution in [0.25, 0.3) is 0 Å². The molecule has 0 aliphatic rings. The molecule has 0 spiro atoms. The van der Waals surface area contributed by atoms with Crippen LogP contribution in [-0.2, 0) is 22.5 Å². The number of ether oxygens (including phenoxy) is 3. The Bertz CT molecular complexity index is 1280. The lowest BCUT2D eigenvalue weighted by Crippen LogP contribution is -2.44. The van der Waals surface area contributed by atoms with Crippen LogP contribution in [0.1, 0.15) is 26.4 Å². The Morgan fingerprint density at radius 3 is 2.38 bits per heavy atom. The molecule has 2 amide bonds. The quantitative estimate of drug-likeness (QED) is 0.215. The smallest absolute Gasteiger partial charge is 0.273 e. The van der Waals surface area contributed by atoms with E-state index in [-0.39, 0.29) is 36.9 Å². The first-order valence-corrected chi connectivity index (χ1v) is 13.2. The Labute approximate surface area is 231 Å². The molecule has 0 atom stereocenters. The summed E-state index contributed by atoms with van der Waals surface area (Å²) < 4.78 is 15.9. The maximum atomic E-state index is 13.6. The maximum Gasteiger partial charge on any atom is 0.273 e. The summed E-state index contributed by atoms with van der Waals surface area (Å²) in [5.74, 6) is 0.514. The number of thiophene rings is 1. The maximum absolute atomic E-state index is 13.6. The number of benzene rings is 2. The first-order valence-electron chi connectivity index (χ1n) is 12.3. The van der Waals surface area contributed by atoms with Crippen molar-refractivity contribution in [2.75, 3.05) is 47.6 Å². The molecule has 3 aromatic rings. The molecule has 0 aliphatic carbocycles. The van der Waals surface area contributed by atoms with Gasteiger partial charge in [0.25, 0.3) is 11.6 Å². The van der Waals surface area contributed by atoms with Gasteiger partial charge in [-0.25, -0.2) is 0 Å². The van der Waals surface area contributed by atoms with Crippen LogP contribution in [-0.4, -0.2) is 74.1 Å². The monoisotopic (exact) mass is 555 g/mol. The Morgan fingerprint density at radius 2 is 1.74 bits per heavy atom. The van der Waals surface area contributed by atoms with Crippen molar-refractivity contribution in [1.82, 2.24) is 9.80 Å². The first-order chi connectivity index (χ1) is 18.8. The number of aryl methyl sites for hydroxylation is 1. The number of nitro groups is 1. The second kappa shape index (κ2) is 14.3. The van der Waals surface area contributed by atoms with Gasteiger partial charge in [-0.15, -0.1) is 11.3 Å². The van der Waals surface area contributed by atoms with Crippen molar-refractivity contribution in [1.29, 1.82) is 0 Å². The molecule has 0 radical (unpaired) electrons. The van der Waals surface area contributed by atoms with E-state index in [2.05, 4.69) is 0 Å². The molecule has 1 aromatic heterocycles. The molecule has 0 saturated heterocycles. The van der Waals surface area contributed by atoms with Crippen LogP contribution >= 0.6 is 11.3 Å². The van der Waals surface area contributed by atoms with Crippen LogP contribution in [0, 0.1) is 17.0 Å². The minimum Gasteiger partial charge on any atom is -0.493 e. The highest BCUT2D eigenvalue weighted by Crippen LogP contribution is 2.28. The minimum atomic E-state index is -0.520. The summed E-state index contributed by atoms with van der Waals surface area (Å²) in [6, 6.07) is 13.8. The molecule has 0 unspecified atom stereocenters. The molecule has 0 bridgehead atoms. The fourth-order valence-electron chi connectivity index (χ4n) is 4.02.